The monoisotopic (exact) mass is 298 g/mol. The Kier molecular flexibility index (Phi) is 4.12. The summed E-state index contributed by atoms with van der Waals surface area (Å²) in [5.41, 5.74) is 3.83. The van der Waals surface area contributed by atoms with Gasteiger partial charge in [0.05, 0.1) is 11.2 Å². The summed E-state index contributed by atoms with van der Waals surface area (Å²) < 4.78 is 0. The summed E-state index contributed by atoms with van der Waals surface area (Å²) in [5.74, 6) is -0.335. The zero-order chi connectivity index (χ0) is 14.0. The third-order valence-corrected chi connectivity index (χ3v) is 3.38. The molecule has 6 heteroatoms. The number of nitrogens with zero attached hydrogens (tertiary/aromatic N) is 1. The molecule has 1 fully saturated rings. The van der Waals surface area contributed by atoms with E-state index in [1.54, 1.807) is 0 Å². The minimum Gasteiger partial charge on any atom is -0.506 e. The minimum atomic E-state index is -0.156. The molecule has 19 heavy (non-hydrogen) atoms. The van der Waals surface area contributed by atoms with Crippen LogP contribution in [0.15, 0.2) is 29.4 Å². The van der Waals surface area contributed by atoms with Crippen LogP contribution in [0.4, 0.5) is 0 Å². The fraction of sp³-hybridized carbons (Fsp3) is 0.231. The molecule has 0 heterocycles. The first kappa shape index (κ1) is 13.9. The number of allylic oxidation sites excluding steroid dienone is 1. The first-order valence-corrected chi connectivity index (χ1v) is 6.40. The van der Waals surface area contributed by atoms with Crippen LogP contribution in [0.3, 0.4) is 0 Å². The lowest BCUT2D eigenvalue weighted by Gasteiger charge is -2.25. The summed E-state index contributed by atoms with van der Waals surface area (Å²) in [7, 11) is 0. The van der Waals surface area contributed by atoms with Gasteiger partial charge in [0.15, 0.2) is 0 Å². The van der Waals surface area contributed by atoms with Crippen LogP contribution >= 0.6 is 23.2 Å². The highest BCUT2D eigenvalue weighted by Gasteiger charge is 2.28. The van der Waals surface area contributed by atoms with E-state index in [0.29, 0.717) is 23.4 Å². The van der Waals surface area contributed by atoms with E-state index in [1.807, 2.05) is 0 Å². The molecule has 0 spiro atoms. The van der Waals surface area contributed by atoms with Gasteiger partial charge in [-0.1, -0.05) is 35.4 Å². The highest BCUT2D eigenvalue weighted by Crippen LogP contribution is 2.31. The average molecular weight is 299 g/mol. The molecule has 1 aliphatic carbocycles. The topological polar surface area (TPSA) is 61.7 Å². The van der Waals surface area contributed by atoms with Gasteiger partial charge in [-0.15, -0.1) is 0 Å². The number of hydrogen-bond donors (Lipinski definition) is 2. The van der Waals surface area contributed by atoms with E-state index >= 15 is 0 Å². The number of benzene rings is 1. The normalized spacial score (nSPS) is 15.6. The van der Waals surface area contributed by atoms with E-state index in [-0.39, 0.29) is 22.6 Å². The van der Waals surface area contributed by atoms with Crippen molar-refractivity contribution in [2.24, 2.45) is 11.0 Å². The second-order valence-corrected chi connectivity index (χ2v) is 5.26. The summed E-state index contributed by atoms with van der Waals surface area (Å²) in [6, 6.07) is 2.93. The smallest absolute Gasteiger partial charge is 0.243 e. The predicted molar refractivity (Wildman–Crippen MR) is 75.7 cm³/mol. The number of carbonyl (C=O) groups excluding carboxylic acids is 1. The van der Waals surface area contributed by atoms with Gasteiger partial charge >= 0.3 is 0 Å². The zero-order valence-electron chi connectivity index (χ0n) is 9.99. The van der Waals surface area contributed by atoms with Crippen LogP contribution in [0, 0.1) is 5.92 Å². The maximum atomic E-state index is 11.6. The van der Waals surface area contributed by atoms with Crippen LogP contribution in [-0.4, -0.2) is 17.2 Å². The number of halogens is 2. The summed E-state index contributed by atoms with van der Waals surface area (Å²) in [6.07, 6.45) is 2.71. The molecule has 100 valence electrons. The second kappa shape index (κ2) is 5.63. The van der Waals surface area contributed by atoms with Crippen molar-refractivity contribution < 1.29 is 9.90 Å². The fourth-order valence-corrected chi connectivity index (χ4v) is 2.27. The van der Waals surface area contributed by atoms with Gasteiger partial charge in [0.1, 0.15) is 5.75 Å². The van der Waals surface area contributed by atoms with Crippen LogP contribution < -0.4 is 5.43 Å². The van der Waals surface area contributed by atoms with Crippen LogP contribution in [0.2, 0.25) is 10.0 Å². The van der Waals surface area contributed by atoms with E-state index in [1.165, 1.54) is 18.3 Å². The second-order valence-electron chi connectivity index (χ2n) is 4.41. The zero-order valence-corrected chi connectivity index (χ0v) is 11.5. The van der Waals surface area contributed by atoms with E-state index < -0.39 is 0 Å². The molecule has 2 N–H and O–H groups in total. The highest BCUT2D eigenvalue weighted by atomic mass is 35.5. The molecule has 1 aliphatic rings. The van der Waals surface area contributed by atoms with Crippen molar-refractivity contribution in [1.82, 2.24) is 5.43 Å². The van der Waals surface area contributed by atoms with Crippen LogP contribution in [-0.2, 0) is 4.79 Å². The Morgan fingerprint density at radius 3 is 2.79 bits per heavy atom. The van der Waals surface area contributed by atoms with E-state index in [2.05, 4.69) is 17.1 Å². The predicted octanol–water partition coefficient (Wildman–Crippen LogP) is 3.12. The Bertz CT molecular complexity index is 562. The van der Waals surface area contributed by atoms with Crippen molar-refractivity contribution in [1.29, 1.82) is 0 Å². The maximum absolute atomic E-state index is 11.6. The number of rotatable bonds is 3. The first-order chi connectivity index (χ1) is 8.97. The van der Waals surface area contributed by atoms with E-state index in [4.69, 9.17) is 23.2 Å². The van der Waals surface area contributed by atoms with Gasteiger partial charge in [0.2, 0.25) is 5.91 Å². The number of amides is 1. The van der Waals surface area contributed by atoms with Crippen molar-refractivity contribution in [3.63, 3.8) is 0 Å². The van der Waals surface area contributed by atoms with Crippen molar-refractivity contribution in [3.8, 4) is 5.75 Å². The van der Waals surface area contributed by atoms with Gasteiger partial charge < -0.3 is 5.11 Å². The largest absolute Gasteiger partial charge is 0.506 e. The number of hydrazone groups is 1. The lowest BCUT2D eigenvalue weighted by Crippen LogP contribution is -2.32. The molecule has 0 aromatic heterocycles. The molecule has 1 amide bonds. The Labute approximate surface area is 120 Å². The summed E-state index contributed by atoms with van der Waals surface area (Å²) in [6.45, 7) is 3.77. The molecule has 0 radical (unpaired) electrons. The molecule has 1 aromatic rings. The third kappa shape index (κ3) is 3.28. The average Bonchev–Trinajstić information content (AvgIpc) is 2.31. The summed E-state index contributed by atoms with van der Waals surface area (Å²) >= 11 is 11.6. The molecule has 0 aliphatic heterocycles. The van der Waals surface area contributed by atoms with Crippen molar-refractivity contribution in [2.75, 3.05) is 0 Å². The van der Waals surface area contributed by atoms with Gasteiger partial charge in [-0.05, 0) is 25.0 Å². The highest BCUT2D eigenvalue weighted by molar-refractivity contribution is 6.36. The number of phenols is 1. The van der Waals surface area contributed by atoms with Crippen LogP contribution in [0.1, 0.15) is 18.4 Å². The van der Waals surface area contributed by atoms with Gasteiger partial charge in [-0.25, -0.2) is 5.43 Å². The van der Waals surface area contributed by atoms with Gasteiger partial charge in [0, 0.05) is 16.5 Å². The van der Waals surface area contributed by atoms with Crippen LogP contribution in [0.25, 0.3) is 0 Å². The van der Waals surface area contributed by atoms with Crippen molar-refractivity contribution in [3.05, 3.63) is 39.9 Å². The lowest BCUT2D eigenvalue weighted by molar-refractivity contribution is -0.126. The minimum absolute atomic E-state index is 0.0544. The molecule has 1 aromatic carbocycles. The van der Waals surface area contributed by atoms with E-state index in [0.717, 1.165) is 5.57 Å². The molecule has 2 rings (SSSR count). The number of hydrogen-bond acceptors (Lipinski definition) is 3. The lowest BCUT2D eigenvalue weighted by atomic mass is 9.81. The molecule has 4 nitrogen and oxygen atoms in total. The molecule has 0 bridgehead atoms. The Balaban J connectivity index is 1.99. The van der Waals surface area contributed by atoms with Crippen molar-refractivity contribution >= 4 is 35.3 Å². The first-order valence-electron chi connectivity index (χ1n) is 5.65. The fourth-order valence-electron chi connectivity index (χ4n) is 1.76. The molecular formula is C13H12Cl2N2O2. The molecule has 0 unspecified atom stereocenters. The maximum Gasteiger partial charge on any atom is 0.243 e. The van der Waals surface area contributed by atoms with Gasteiger partial charge in [-0.2, -0.15) is 5.10 Å². The third-order valence-electron chi connectivity index (χ3n) is 2.88. The number of phenolic OH excluding ortho intramolecular Hbond substituents is 1. The summed E-state index contributed by atoms with van der Waals surface area (Å²) in [5, 5.41) is 14.0. The number of aromatic hydroxyl groups is 1. The van der Waals surface area contributed by atoms with Crippen molar-refractivity contribution in [2.45, 2.75) is 12.8 Å². The SMILES string of the molecule is C=C1CC(C(=O)NN=Cc2cc(Cl)cc(Cl)c2O)C1. The van der Waals surface area contributed by atoms with E-state index in [9.17, 15) is 9.90 Å². The number of nitrogens with one attached hydrogen (secondary N) is 1. The van der Waals surface area contributed by atoms with Crippen LogP contribution in [0.5, 0.6) is 5.75 Å². The molecule has 0 saturated heterocycles. The van der Waals surface area contributed by atoms with Gasteiger partial charge in [-0.3, -0.25) is 4.79 Å². The van der Waals surface area contributed by atoms with Gasteiger partial charge in [0.25, 0.3) is 0 Å². The molecule has 1 saturated carbocycles. The Hall–Kier alpha value is -1.52. The Morgan fingerprint density at radius 2 is 2.16 bits per heavy atom. The number of carbonyl (C=O) groups is 1. The quantitative estimate of drug-likeness (QED) is 0.512. The Morgan fingerprint density at radius 1 is 1.47 bits per heavy atom. The standard InChI is InChI=1S/C13H12Cl2N2O2/c1-7-2-8(3-7)13(19)17-16-6-9-4-10(14)5-11(15)12(9)18/h4-6,8,18H,1-3H2,(H,17,19). The molecule has 0 atom stereocenters. The summed E-state index contributed by atoms with van der Waals surface area (Å²) in [4.78, 5) is 11.6. The molecular weight excluding hydrogens is 287 g/mol.